The third-order valence-corrected chi connectivity index (χ3v) is 2.27. The molecule has 2 rings (SSSR count). The number of anilines is 1. The largest absolute Gasteiger partial charge is 0.463 e. The lowest BCUT2D eigenvalue weighted by Crippen LogP contribution is -2.13. The van der Waals surface area contributed by atoms with Gasteiger partial charge >= 0.3 is 5.97 Å². The van der Waals surface area contributed by atoms with Crippen LogP contribution in [0, 0.1) is 0 Å². The molecule has 2 heterocycles. The fraction of sp³-hybridized carbons (Fsp3) is 0.333. The van der Waals surface area contributed by atoms with Crippen molar-refractivity contribution in [3.63, 3.8) is 0 Å². The van der Waals surface area contributed by atoms with Crippen LogP contribution in [0.5, 0.6) is 0 Å². The number of carbonyl (C=O) groups is 1. The van der Waals surface area contributed by atoms with Gasteiger partial charge in [-0.1, -0.05) is 6.07 Å². The highest BCUT2D eigenvalue weighted by molar-refractivity contribution is 5.72. The first-order valence-corrected chi connectivity index (χ1v) is 5.48. The molecule has 90 valence electrons. The molecule has 17 heavy (non-hydrogen) atoms. The number of fused-ring (bicyclic) bond motifs is 1. The van der Waals surface area contributed by atoms with Crippen molar-refractivity contribution in [2.45, 2.75) is 26.4 Å². The van der Waals surface area contributed by atoms with Crippen molar-refractivity contribution in [2.75, 3.05) is 5.73 Å². The number of pyridine rings is 1. The Balaban J connectivity index is 2.20. The summed E-state index contributed by atoms with van der Waals surface area (Å²) in [7, 11) is 0. The van der Waals surface area contributed by atoms with E-state index >= 15 is 0 Å². The molecule has 5 nitrogen and oxygen atoms in total. The van der Waals surface area contributed by atoms with Crippen molar-refractivity contribution >= 4 is 17.4 Å². The van der Waals surface area contributed by atoms with Crippen LogP contribution < -0.4 is 5.73 Å². The molecule has 0 saturated heterocycles. The van der Waals surface area contributed by atoms with Crippen LogP contribution in [0.2, 0.25) is 0 Å². The second-order valence-corrected chi connectivity index (χ2v) is 4.13. The summed E-state index contributed by atoms with van der Waals surface area (Å²) in [6.45, 7) is 3.64. The second kappa shape index (κ2) is 4.45. The van der Waals surface area contributed by atoms with E-state index in [1.165, 1.54) is 0 Å². The van der Waals surface area contributed by atoms with Gasteiger partial charge in [0, 0.05) is 6.20 Å². The van der Waals surface area contributed by atoms with Gasteiger partial charge < -0.3 is 10.5 Å². The first-order chi connectivity index (χ1) is 8.06. The molecule has 0 fully saturated rings. The van der Waals surface area contributed by atoms with Crippen LogP contribution in [0.3, 0.4) is 0 Å². The topological polar surface area (TPSA) is 69.6 Å². The third-order valence-electron chi connectivity index (χ3n) is 2.27. The summed E-state index contributed by atoms with van der Waals surface area (Å²) in [4.78, 5) is 15.8. The average molecular weight is 233 g/mol. The van der Waals surface area contributed by atoms with E-state index < -0.39 is 0 Å². The zero-order chi connectivity index (χ0) is 12.4. The molecule has 0 radical (unpaired) electrons. The number of ether oxygens (including phenoxy) is 1. The van der Waals surface area contributed by atoms with E-state index in [-0.39, 0.29) is 18.5 Å². The maximum atomic E-state index is 11.5. The van der Waals surface area contributed by atoms with Crippen molar-refractivity contribution in [1.29, 1.82) is 0 Å². The molecule has 0 saturated carbocycles. The Morgan fingerprint density at radius 1 is 1.53 bits per heavy atom. The van der Waals surface area contributed by atoms with E-state index in [4.69, 9.17) is 10.5 Å². The van der Waals surface area contributed by atoms with E-state index in [0.29, 0.717) is 11.5 Å². The number of imidazole rings is 1. The minimum absolute atomic E-state index is 0.107. The fourth-order valence-corrected chi connectivity index (χ4v) is 1.62. The maximum Gasteiger partial charge on any atom is 0.312 e. The van der Waals surface area contributed by atoms with Gasteiger partial charge in [-0.2, -0.15) is 0 Å². The lowest BCUT2D eigenvalue weighted by molar-refractivity contribution is -0.146. The van der Waals surface area contributed by atoms with Gasteiger partial charge in [-0.25, -0.2) is 4.98 Å². The van der Waals surface area contributed by atoms with E-state index in [1.54, 1.807) is 16.7 Å². The van der Waals surface area contributed by atoms with Gasteiger partial charge in [0.25, 0.3) is 0 Å². The summed E-state index contributed by atoms with van der Waals surface area (Å²) in [5, 5.41) is 0. The fourth-order valence-electron chi connectivity index (χ4n) is 1.62. The first-order valence-electron chi connectivity index (χ1n) is 5.48. The van der Waals surface area contributed by atoms with Crippen LogP contribution in [0.25, 0.3) is 5.65 Å². The Labute approximate surface area is 99.2 Å². The molecule has 0 atom stereocenters. The number of aromatic nitrogens is 2. The predicted octanol–water partition coefficient (Wildman–Crippen LogP) is 1.41. The van der Waals surface area contributed by atoms with Crippen LogP contribution in [0.4, 0.5) is 5.82 Å². The van der Waals surface area contributed by atoms with Crippen molar-refractivity contribution < 1.29 is 9.53 Å². The lowest BCUT2D eigenvalue weighted by atomic mass is 10.3. The normalized spacial score (nSPS) is 11.0. The minimum atomic E-state index is -0.276. The Bertz CT molecular complexity index is 546. The number of nitrogen functional groups attached to an aromatic ring is 1. The smallest absolute Gasteiger partial charge is 0.312 e. The lowest BCUT2D eigenvalue weighted by Gasteiger charge is -2.05. The second-order valence-electron chi connectivity index (χ2n) is 4.13. The van der Waals surface area contributed by atoms with Gasteiger partial charge in [0.05, 0.1) is 18.2 Å². The van der Waals surface area contributed by atoms with E-state index in [2.05, 4.69) is 4.98 Å². The maximum absolute atomic E-state index is 11.5. The molecule has 0 amide bonds. The number of hydrogen-bond acceptors (Lipinski definition) is 4. The zero-order valence-corrected chi connectivity index (χ0v) is 9.88. The van der Waals surface area contributed by atoms with E-state index in [0.717, 1.165) is 5.65 Å². The molecular formula is C12H15N3O2. The number of nitrogens with zero attached hydrogens (tertiary/aromatic N) is 2. The van der Waals surface area contributed by atoms with Crippen molar-refractivity contribution in [2.24, 2.45) is 0 Å². The average Bonchev–Trinajstić information content (AvgIpc) is 2.60. The molecule has 0 spiro atoms. The molecule has 0 aliphatic carbocycles. The molecule has 0 aliphatic rings. The van der Waals surface area contributed by atoms with Gasteiger partial charge in [-0.05, 0) is 26.0 Å². The SMILES string of the molecule is CC(C)OC(=O)Cc1cn2c(N)cccc2n1. The van der Waals surface area contributed by atoms with Gasteiger partial charge in [0.1, 0.15) is 11.5 Å². The third kappa shape index (κ3) is 2.55. The quantitative estimate of drug-likeness (QED) is 0.814. The van der Waals surface area contributed by atoms with Crippen LogP contribution in [0.15, 0.2) is 24.4 Å². The molecule has 0 aliphatic heterocycles. The van der Waals surface area contributed by atoms with Crippen LogP contribution in [-0.2, 0) is 16.0 Å². The number of rotatable bonds is 3. The molecule has 5 heteroatoms. The van der Waals surface area contributed by atoms with Crippen molar-refractivity contribution in [3.05, 3.63) is 30.1 Å². The summed E-state index contributed by atoms with van der Waals surface area (Å²) in [6.07, 6.45) is 1.82. The van der Waals surface area contributed by atoms with E-state index in [1.807, 2.05) is 26.0 Å². The highest BCUT2D eigenvalue weighted by Crippen LogP contribution is 2.11. The molecular weight excluding hydrogens is 218 g/mol. The van der Waals surface area contributed by atoms with E-state index in [9.17, 15) is 4.79 Å². The van der Waals surface area contributed by atoms with Crippen LogP contribution in [-0.4, -0.2) is 21.5 Å². The highest BCUT2D eigenvalue weighted by atomic mass is 16.5. The molecule has 2 aromatic heterocycles. The molecule has 0 bridgehead atoms. The zero-order valence-electron chi connectivity index (χ0n) is 9.88. The number of nitrogens with two attached hydrogens (primary N) is 1. The Morgan fingerprint density at radius 3 is 2.94 bits per heavy atom. The van der Waals surface area contributed by atoms with Crippen molar-refractivity contribution in [3.8, 4) is 0 Å². The summed E-state index contributed by atoms with van der Waals surface area (Å²) in [5.74, 6) is 0.320. The number of hydrogen-bond donors (Lipinski definition) is 1. The Kier molecular flexibility index (Phi) is 2.99. The Morgan fingerprint density at radius 2 is 2.29 bits per heavy atom. The number of carbonyl (C=O) groups excluding carboxylic acids is 1. The molecule has 0 unspecified atom stereocenters. The van der Waals surface area contributed by atoms with Crippen LogP contribution >= 0.6 is 0 Å². The summed E-state index contributed by atoms with van der Waals surface area (Å²) in [6, 6.07) is 5.45. The van der Waals surface area contributed by atoms with Gasteiger partial charge in [-0.15, -0.1) is 0 Å². The minimum Gasteiger partial charge on any atom is -0.463 e. The van der Waals surface area contributed by atoms with Gasteiger partial charge in [0.15, 0.2) is 0 Å². The summed E-state index contributed by atoms with van der Waals surface area (Å²) < 4.78 is 6.81. The molecule has 2 N–H and O–H groups in total. The predicted molar refractivity (Wildman–Crippen MR) is 64.5 cm³/mol. The highest BCUT2D eigenvalue weighted by Gasteiger charge is 2.10. The van der Waals surface area contributed by atoms with Crippen molar-refractivity contribution in [1.82, 2.24) is 9.38 Å². The van der Waals surface area contributed by atoms with Gasteiger partial charge in [0.2, 0.25) is 0 Å². The number of esters is 1. The monoisotopic (exact) mass is 233 g/mol. The first kappa shape index (κ1) is 11.4. The summed E-state index contributed by atoms with van der Waals surface area (Å²) in [5.41, 5.74) is 7.18. The molecule has 2 aromatic rings. The van der Waals surface area contributed by atoms with Gasteiger partial charge in [-0.3, -0.25) is 9.20 Å². The Hall–Kier alpha value is -2.04. The van der Waals surface area contributed by atoms with Crippen LogP contribution in [0.1, 0.15) is 19.5 Å². The molecule has 0 aromatic carbocycles. The standard InChI is InChI=1S/C12H15N3O2/c1-8(2)17-12(16)6-9-7-15-10(13)4-3-5-11(15)14-9/h3-5,7-8H,6,13H2,1-2H3. The summed E-state index contributed by atoms with van der Waals surface area (Å²) >= 11 is 0.